The zero-order chi connectivity index (χ0) is 14.1. The Balaban J connectivity index is 2.47. The van der Waals surface area contributed by atoms with E-state index < -0.39 is 17.9 Å². The summed E-state index contributed by atoms with van der Waals surface area (Å²) in [6.45, 7) is 0.831. The smallest absolute Gasteiger partial charge is 0.314 e. The SMILES string of the molecule is COCCNC(=O)NCC(C(=O)O)c1ccccc1. The largest absolute Gasteiger partial charge is 0.481 e. The van der Waals surface area contributed by atoms with Crippen molar-refractivity contribution in [2.75, 3.05) is 26.8 Å². The number of carboxylic acids is 1. The van der Waals surface area contributed by atoms with Crippen LogP contribution in [-0.2, 0) is 9.53 Å². The third-order valence-electron chi connectivity index (χ3n) is 2.56. The monoisotopic (exact) mass is 266 g/mol. The van der Waals surface area contributed by atoms with Crippen molar-refractivity contribution in [1.29, 1.82) is 0 Å². The Kier molecular flexibility index (Phi) is 6.38. The summed E-state index contributed by atoms with van der Waals surface area (Å²) in [5.41, 5.74) is 0.659. The van der Waals surface area contributed by atoms with E-state index in [1.165, 1.54) is 7.11 Å². The van der Waals surface area contributed by atoms with Gasteiger partial charge in [-0.25, -0.2) is 4.79 Å². The number of hydrogen-bond donors (Lipinski definition) is 3. The van der Waals surface area contributed by atoms with Gasteiger partial charge in [-0.05, 0) is 5.56 Å². The Labute approximate surface area is 111 Å². The molecule has 1 aromatic carbocycles. The summed E-state index contributed by atoms with van der Waals surface area (Å²) in [6, 6.07) is 8.40. The predicted molar refractivity (Wildman–Crippen MR) is 70.1 cm³/mol. The highest BCUT2D eigenvalue weighted by molar-refractivity contribution is 5.79. The molecule has 1 unspecified atom stereocenters. The second kappa shape index (κ2) is 8.10. The lowest BCUT2D eigenvalue weighted by atomic mass is 9.99. The van der Waals surface area contributed by atoms with Gasteiger partial charge >= 0.3 is 12.0 Å². The summed E-state index contributed by atoms with van der Waals surface area (Å²) in [5, 5.41) is 14.3. The van der Waals surface area contributed by atoms with Crippen LogP contribution in [0, 0.1) is 0 Å². The number of nitrogens with one attached hydrogen (secondary N) is 2. The fourth-order valence-electron chi connectivity index (χ4n) is 1.56. The topological polar surface area (TPSA) is 87.7 Å². The summed E-state index contributed by atoms with van der Waals surface area (Å²) >= 11 is 0. The molecule has 6 nitrogen and oxygen atoms in total. The van der Waals surface area contributed by atoms with Crippen molar-refractivity contribution in [3.05, 3.63) is 35.9 Å². The fraction of sp³-hybridized carbons (Fsp3) is 0.385. The number of aliphatic carboxylic acids is 1. The van der Waals surface area contributed by atoms with Crippen LogP contribution in [0.3, 0.4) is 0 Å². The van der Waals surface area contributed by atoms with E-state index in [1.54, 1.807) is 24.3 Å². The average Bonchev–Trinajstić information content (AvgIpc) is 2.40. The first-order valence-corrected chi connectivity index (χ1v) is 5.93. The first-order chi connectivity index (χ1) is 9.15. The third-order valence-corrected chi connectivity index (χ3v) is 2.56. The average molecular weight is 266 g/mol. The molecule has 0 fully saturated rings. The molecule has 1 rings (SSSR count). The highest BCUT2D eigenvalue weighted by Gasteiger charge is 2.20. The maximum atomic E-state index is 11.4. The number of carbonyl (C=O) groups excluding carboxylic acids is 1. The fourth-order valence-corrected chi connectivity index (χ4v) is 1.56. The Morgan fingerprint density at radius 3 is 2.53 bits per heavy atom. The number of urea groups is 1. The molecule has 0 aliphatic heterocycles. The molecule has 19 heavy (non-hydrogen) atoms. The van der Waals surface area contributed by atoms with Crippen LogP contribution in [0.4, 0.5) is 4.79 Å². The number of amides is 2. The number of carboxylic acid groups (broad SMARTS) is 1. The zero-order valence-electron chi connectivity index (χ0n) is 10.8. The van der Waals surface area contributed by atoms with Gasteiger partial charge in [-0.15, -0.1) is 0 Å². The standard InChI is InChI=1S/C13H18N2O4/c1-19-8-7-14-13(18)15-9-11(12(16)17)10-5-3-2-4-6-10/h2-6,11H,7-9H2,1H3,(H,16,17)(H2,14,15,18). The van der Waals surface area contributed by atoms with Crippen molar-refractivity contribution in [2.24, 2.45) is 0 Å². The van der Waals surface area contributed by atoms with E-state index in [4.69, 9.17) is 9.84 Å². The lowest BCUT2D eigenvalue weighted by Crippen LogP contribution is -2.40. The van der Waals surface area contributed by atoms with Gasteiger partial charge in [-0.1, -0.05) is 30.3 Å². The van der Waals surface area contributed by atoms with Gasteiger partial charge in [-0.3, -0.25) is 4.79 Å². The van der Waals surface area contributed by atoms with E-state index in [0.717, 1.165) is 0 Å². The lowest BCUT2D eigenvalue weighted by Gasteiger charge is -2.14. The molecule has 3 N–H and O–H groups in total. The van der Waals surface area contributed by atoms with Crippen molar-refractivity contribution in [3.63, 3.8) is 0 Å². The molecule has 0 saturated heterocycles. The van der Waals surface area contributed by atoms with Crippen molar-refractivity contribution < 1.29 is 19.4 Å². The molecule has 1 aromatic rings. The summed E-state index contributed by atoms with van der Waals surface area (Å²) in [7, 11) is 1.54. The number of methoxy groups -OCH3 is 1. The Morgan fingerprint density at radius 2 is 1.95 bits per heavy atom. The summed E-state index contributed by atoms with van der Waals surface area (Å²) < 4.78 is 4.79. The van der Waals surface area contributed by atoms with E-state index >= 15 is 0 Å². The van der Waals surface area contributed by atoms with Gasteiger partial charge in [0.2, 0.25) is 0 Å². The van der Waals surface area contributed by atoms with E-state index in [0.29, 0.717) is 18.7 Å². The van der Waals surface area contributed by atoms with Crippen LogP contribution in [0.15, 0.2) is 30.3 Å². The van der Waals surface area contributed by atoms with E-state index in [-0.39, 0.29) is 6.54 Å². The van der Waals surface area contributed by atoms with E-state index in [1.807, 2.05) is 6.07 Å². The first kappa shape index (κ1) is 15.0. The molecule has 0 radical (unpaired) electrons. The van der Waals surface area contributed by atoms with Gasteiger partial charge in [-0.2, -0.15) is 0 Å². The molecule has 0 aliphatic rings. The molecule has 0 aromatic heterocycles. The van der Waals surface area contributed by atoms with Gasteiger partial charge in [0.15, 0.2) is 0 Å². The van der Waals surface area contributed by atoms with Crippen LogP contribution in [0.1, 0.15) is 11.5 Å². The molecule has 0 aliphatic carbocycles. The number of ether oxygens (including phenoxy) is 1. The zero-order valence-corrected chi connectivity index (χ0v) is 10.8. The molecular weight excluding hydrogens is 248 g/mol. The Bertz CT molecular complexity index is 408. The van der Waals surface area contributed by atoms with Crippen molar-refractivity contribution in [2.45, 2.75) is 5.92 Å². The first-order valence-electron chi connectivity index (χ1n) is 5.93. The van der Waals surface area contributed by atoms with E-state index in [9.17, 15) is 9.59 Å². The minimum atomic E-state index is -0.969. The van der Waals surface area contributed by atoms with Gasteiger partial charge in [0.05, 0.1) is 12.5 Å². The molecular formula is C13H18N2O4. The summed E-state index contributed by atoms with van der Waals surface area (Å²) in [6.07, 6.45) is 0. The van der Waals surface area contributed by atoms with Crippen LogP contribution < -0.4 is 10.6 Å². The van der Waals surface area contributed by atoms with Crippen LogP contribution in [0.5, 0.6) is 0 Å². The third kappa shape index (κ3) is 5.39. The lowest BCUT2D eigenvalue weighted by molar-refractivity contribution is -0.138. The number of rotatable bonds is 7. The molecule has 0 saturated carbocycles. The minimum absolute atomic E-state index is 0.0398. The van der Waals surface area contributed by atoms with Gasteiger partial charge in [0, 0.05) is 20.2 Å². The van der Waals surface area contributed by atoms with Crippen LogP contribution in [0.2, 0.25) is 0 Å². The second-order valence-electron chi connectivity index (χ2n) is 3.93. The molecule has 0 bridgehead atoms. The summed E-state index contributed by atoms with van der Waals surface area (Å²) in [5.74, 6) is -1.72. The summed E-state index contributed by atoms with van der Waals surface area (Å²) in [4.78, 5) is 22.6. The van der Waals surface area contributed by atoms with Crippen LogP contribution in [0.25, 0.3) is 0 Å². The number of hydrogen-bond acceptors (Lipinski definition) is 3. The maximum absolute atomic E-state index is 11.4. The van der Waals surface area contributed by atoms with Gasteiger partial charge < -0.3 is 20.5 Å². The van der Waals surface area contributed by atoms with Gasteiger partial charge in [0.1, 0.15) is 0 Å². The van der Waals surface area contributed by atoms with Gasteiger partial charge in [0.25, 0.3) is 0 Å². The molecule has 1 atom stereocenters. The van der Waals surface area contributed by atoms with Crippen molar-refractivity contribution in [3.8, 4) is 0 Å². The van der Waals surface area contributed by atoms with Crippen LogP contribution in [-0.4, -0.2) is 43.9 Å². The maximum Gasteiger partial charge on any atom is 0.314 e. The Hall–Kier alpha value is -2.08. The molecule has 0 spiro atoms. The molecule has 104 valence electrons. The highest BCUT2D eigenvalue weighted by Crippen LogP contribution is 2.14. The molecule has 2 amide bonds. The second-order valence-corrected chi connectivity index (χ2v) is 3.93. The molecule has 0 heterocycles. The Morgan fingerprint density at radius 1 is 1.26 bits per heavy atom. The van der Waals surface area contributed by atoms with E-state index in [2.05, 4.69) is 10.6 Å². The van der Waals surface area contributed by atoms with Crippen molar-refractivity contribution >= 4 is 12.0 Å². The predicted octanol–water partition coefficient (Wildman–Crippen LogP) is 0.800. The van der Waals surface area contributed by atoms with Crippen LogP contribution >= 0.6 is 0 Å². The molecule has 6 heteroatoms. The highest BCUT2D eigenvalue weighted by atomic mass is 16.5. The normalized spacial score (nSPS) is 11.6. The number of carbonyl (C=O) groups is 2. The van der Waals surface area contributed by atoms with Crippen molar-refractivity contribution in [1.82, 2.24) is 10.6 Å². The number of benzene rings is 1. The quantitative estimate of drug-likeness (QED) is 0.637. The minimum Gasteiger partial charge on any atom is -0.481 e.